The van der Waals surface area contributed by atoms with Crippen molar-refractivity contribution >= 4 is 77.8 Å². The molecule has 238 valence electrons. The fourth-order valence-electron chi connectivity index (χ4n) is 8.15. The molecule has 8 aromatic rings. The molecule has 0 radical (unpaired) electrons. The number of anilines is 5. The fourth-order valence-corrected chi connectivity index (χ4v) is 9.67. The first-order valence-corrected chi connectivity index (χ1v) is 18.2. The lowest BCUT2D eigenvalue weighted by molar-refractivity contribution is 0.673. The maximum absolute atomic E-state index is 7.10. The fraction of sp³-hybridized carbons (Fsp3) is 0.0435. The highest BCUT2D eigenvalue weighted by Gasteiger charge is 2.45. The third-order valence-electron chi connectivity index (χ3n) is 10.2. The molecule has 7 aromatic carbocycles. The number of rotatable bonds is 5. The minimum Gasteiger partial charge on any atom is -0.332 e. The Hall–Kier alpha value is -5.61. The predicted molar refractivity (Wildman–Crippen MR) is 213 cm³/mol. The van der Waals surface area contributed by atoms with Crippen molar-refractivity contribution in [2.45, 2.75) is 12.0 Å². The molecule has 1 aliphatic carbocycles. The van der Waals surface area contributed by atoms with Gasteiger partial charge in [-0.1, -0.05) is 127 Å². The topological polar surface area (TPSA) is 6.48 Å². The van der Waals surface area contributed by atoms with Gasteiger partial charge in [-0.2, -0.15) is 0 Å². The van der Waals surface area contributed by atoms with Crippen LogP contribution < -0.4 is 9.80 Å². The molecule has 50 heavy (non-hydrogen) atoms. The summed E-state index contributed by atoms with van der Waals surface area (Å²) in [7, 11) is 0. The molecule has 1 aliphatic heterocycles. The maximum Gasteiger partial charge on any atom is 0.0716 e. The second kappa shape index (κ2) is 11.8. The van der Waals surface area contributed by atoms with E-state index < -0.39 is 0 Å². The number of nitrogens with zero attached hydrogens (tertiary/aromatic N) is 2. The van der Waals surface area contributed by atoms with Crippen molar-refractivity contribution in [3.8, 4) is 0 Å². The van der Waals surface area contributed by atoms with Gasteiger partial charge in [0.1, 0.15) is 0 Å². The number of thiophene rings is 1. The molecule has 4 heteroatoms. The summed E-state index contributed by atoms with van der Waals surface area (Å²) in [5.74, 6) is 0.136. The molecule has 0 saturated carbocycles. The van der Waals surface area contributed by atoms with E-state index in [1.165, 1.54) is 53.8 Å². The van der Waals surface area contributed by atoms with Gasteiger partial charge in [0.2, 0.25) is 0 Å². The average Bonchev–Trinajstić information content (AvgIpc) is 3.72. The van der Waals surface area contributed by atoms with Crippen molar-refractivity contribution in [1.82, 2.24) is 0 Å². The van der Waals surface area contributed by atoms with Crippen molar-refractivity contribution in [1.29, 1.82) is 0 Å². The van der Waals surface area contributed by atoms with E-state index in [-0.39, 0.29) is 12.0 Å². The van der Waals surface area contributed by atoms with Gasteiger partial charge in [0.25, 0.3) is 0 Å². The summed E-state index contributed by atoms with van der Waals surface area (Å²) in [6.07, 6.45) is 2.53. The van der Waals surface area contributed by atoms with E-state index in [0.29, 0.717) is 5.02 Å². The van der Waals surface area contributed by atoms with E-state index >= 15 is 0 Å². The Morgan fingerprint density at radius 1 is 0.580 bits per heavy atom. The summed E-state index contributed by atoms with van der Waals surface area (Å²) in [4.78, 5) is 6.22. The smallest absolute Gasteiger partial charge is 0.0716 e. The molecule has 2 nitrogen and oxygen atoms in total. The van der Waals surface area contributed by atoms with Gasteiger partial charge in [0.15, 0.2) is 0 Å². The second-order valence-corrected chi connectivity index (χ2v) is 14.5. The summed E-state index contributed by atoms with van der Waals surface area (Å²) in [5, 5.41) is 4.57. The molecular formula is C46H31ClN2S. The number of benzene rings is 7. The average molecular weight is 679 g/mol. The van der Waals surface area contributed by atoms with Gasteiger partial charge in [0, 0.05) is 54.2 Å². The third-order valence-corrected chi connectivity index (χ3v) is 11.6. The molecule has 2 unspecified atom stereocenters. The second-order valence-electron chi connectivity index (χ2n) is 13.0. The molecule has 0 fully saturated rings. The first-order valence-electron chi connectivity index (χ1n) is 17.0. The molecular weight excluding hydrogens is 648 g/mol. The Kier molecular flexibility index (Phi) is 6.90. The monoisotopic (exact) mass is 678 g/mol. The van der Waals surface area contributed by atoms with Gasteiger partial charge in [-0.15, -0.1) is 11.3 Å². The highest BCUT2D eigenvalue weighted by Crippen LogP contribution is 2.62. The van der Waals surface area contributed by atoms with Crippen LogP contribution in [0.3, 0.4) is 0 Å². The minimum atomic E-state index is 0.108. The Labute approximate surface area is 300 Å². The van der Waals surface area contributed by atoms with Crippen LogP contribution in [0.5, 0.6) is 0 Å². The molecule has 0 saturated heterocycles. The van der Waals surface area contributed by atoms with Crippen LogP contribution >= 0.6 is 22.9 Å². The summed E-state index contributed by atoms with van der Waals surface area (Å²) >= 11 is 8.99. The molecule has 1 aromatic heterocycles. The largest absolute Gasteiger partial charge is 0.332 e. The zero-order valence-corrected chi connectivity index (χ0v) is 28.7. The van der Waals surface area contributed by atoms with Gasteiger partial charge in [0.05, 0.1) is 11.7 Å². The number of hydrogen-bond acceptors (Lipinski definition) is 3. The van der Waals surface area contributed by atoms with Crippen LogP contribution in [0, 0.1) is 0 Å². The van der Waals surface area contributed by atoms with Gasteiger partial charge in [-0.3, -0.25) is 0 Å². The van der Waals surface area contributed by atoms with Gasteiger partial charge < -0.3 is 9.80 Å². The Morgan fingerprint density at radius 2 is 1.22 bits per heavy atom. The van der Waals surface area contributed by atoms with Crippen molar-refractivity contribution < 1.29 is 0 Å². The lowest BCUT2D eigenvalue weighted by Crippen LogP contribution is -2.24. The van der Waals surface area contributed by atoms with Crippen LogP contribution in [0.15, 0.2) is 176 Å². The van der Waals surface area contributed by atoms with E-state index in [1.807, 2.05) is 11.3 Å². The van der Waals surface area contributed by atoms with Gasteiger partial charge in [-0.05, 0) is 88.1 Å². The molecule has 10 rings (SSSR count). The maximum atomic E-state index is 7.10. The summed E-state index contributed by atoms with van der Waals surface area (Å²) in [5.41, 5.74) is 10.8. The predicted octanol–water partition coefficient (Wildman–Crippen LogP) is 13.6. The van der Waals surface area contributed by atoms with Crippen LogP contribution in [0.4, 0.5) is 28.4 Å². The van der Waals surface area contributed by atoms with Crippen LogP contribution in [0.1, 0.15) is 33.5 Å². The normalized spacial score (nSPS) is 16.2. The van der Waals surface area contributed by atoms with Crippen LogP contribution in [0.2, 0.25) is 5.02 Å². The zero-order chi connectivity index (χ0) is 33.2. The van der Waals surface area contributed by atoms with Crippen molar-refractivity contribution in [2.24, 2.45) is 0 Å². The van der Waals surface area contributed by atoms with E-state index in [9.17, 15) is 0 Å². The highest BCUT2D eigenvalue weighted by atomic mass is 35.5. The minimum absolute atomic E-state index is 0.108. The van der Waals surface area contributed by atoms with Crippen LogP contribution in [0.25, 0.3) is 26.4 Å². The lowest BCUT2D eigenvalue weighted by Gasteiger charge is -2.34. The van der Waals surface area contributed by atoms with Crippen molar-refractivity contribution in [2.75, 3.05) is 9.80 Å². The van der Waals surface area contributed by atoms with Crippen molar-refractivity contribution in [3.05, 3.63) is 203 Å². The highest BCUT2D eigenvalue weighted by molar-refractivity contribution is 7.20. The van der Waals surface area contributed by atoms with E-state index in [0.717, 1.165) is 22.6 Å². The Balaban J connectivity index is 1.23. The molecule has 0 spiro atoms. The quantitative estimate of drug-likeness (QED) is 0.179. The summed E-state index contributed by atoms with van der Waals surface area (Å²) in [6.45, 7) is 0. The van der Waals surface area contributed by atoms with E-state index in [1.54, 1.807) is 0 Å². The summed E-state index contributed by atoms with van der Waals surface area (Å²) < 4.78 is 1.30. The van der Waals surface area contributed by atoms with Crippen molar-refractivity contribution in [3.63, 3.8) is 0 Å². The van der Waals surface area contributed by atoms with Crippen LogP contribution in [-0.2, 0) is 0 Å². The van der Waals surface area contributed by atoms with Crippen LogP contribution in [-0.4, -0.2) is 0 Å². The molecule has 0 N–H and O–H groups in total. The standard InChI is InChI=1S/C46H31ClN2S/c47-32-26-31(27-36(28-32)48(33-15-4-1-5-16-33)34-17-6-2-7-18-34)40-29-41-38-25-24-30-14-10-11-21-37(30)44(38)49(35-19-8-3-9-20-35)45(41)43-39-22-12-13-23-42(39)50-46(40)43/h1-29,41,45H. The number of halogens is 1. The molecule has 0 amide bonds. The van der Waals surface area contributed by atoms with Gasteiger partial charge in [-0.25, -0.2) is 0 Å². The van der Waals surface area contributed by atoms with E-state index in [4.69, 9.17) is 11.6 Å². The molecule has 2 heterocycles. The molecule has 2 atom stereocenters. The van der Waals surface area contributed by atoms with E-state index in [2.05, 4.69) is 186 Å². The Bertz CT molecular complexity index is 2540. The Morgan fingerprint density at radius 3 is 1.96 bits per heavy atom. The zero-order valence-electron chi connectivity index (χ0n) is 27.1. The molecule has 0 bridgehead atoms. The lowest BCUT2D eigenvalue weighted by atomic mass is 9.80. The number of hydrogen-bond donors (Lipinski definition) is 0. The first-order chi connectivity index (χ1) is 24.7. The molecule has 2 aliphatic rings. The third kappa shape index (κ3) is 4.62. The first kappa shape index (κ1) is 29.3. The number of fused-ring (bicyclic) bond motifs is 9. The van der Waals surface area contributed by atoms with Gasteiger partial charge >= 0.3 is 0 Å². The SMILES string of the molecule is Clc1cc(C2=CC3c4ccc5ccccc5c4N(c4ccccc4)C3c3c2sc2ccccc32)cc(N(c2ccccc2)c2ccccc2)c1. The number of para-hydroxylation sites is 3. The summed E-state index contributed by atoms with van der Waals surface area (Å²) in [6, 6.07) is 61.0.